The summed E-state index contributed by atoms with van der Waals surface area (Å²) in [4.78, 5) is 23.1. The van der Waals surface area contributed by atoms with Gasteiger partial charge in [-0.2, -0.15) is 0 Å². The van der Waals surface area contributed by atoms with Crippen LogP contribution in [0.25, 0.3) is 0 Å². The highest BCUT2D eigenvalue weighted by Crippen LogP contribution is 2.21. The van der Waals surface area contributed by atoms with Gasteiger partial charge in [-0.3, -0.25) is 5.32 Å². The number of halogens is 2. The molecule has 2 aromatic rings. The van der Waals surface area contributed by atoms with Crippen LogP contribution in [0.5, 0.6) is 0 Å². The average molecular weight is 382 g/mol. The maximum absolute atomic E-state index is 11.9. The Labute approximate surface area is 155 Å². The summed E-state index contributed by atoms with van der Waals surface area (Å²) in [6.45, 7) is 0.410. The van der Waals surface area contributed by atoms with Gasteiger partial charge >= 0.3 is 12.1 Å². The number of ether oxygens (including phenoxy) is 1. The zero-order chi connectivity index (χ0) is 18.2. The average Bonchev–Trinajstić information content (AvgIpc) is 2.57. The Kier molecular flexibility index (Phi) is 6.91. The molecule has 0 radical (unpaired) electrons. The predicted molar refractivity (Wildman–Crippen MR) is 99.7 cm³/mol. The molecule has 0 spiro atoms. The number of amides is 3. The second kappa shape index (κ2) is 9.15. The van der Waals surface area contributed by atoms with Crippen molar-refractivity contribution >= 4 is 46.7 Å². The molecule has 0 bridgehead atoms. The van der Waals surface area contributed by atoms with Gasteiger partial charge in [0.15, 0.2) is 0 Å². The van der Waals surface area contributed by atoms with Gasteiger partial charge in [-0.15, -0.1) is 0 Å². The molecule has 0 aliphatic carbocycles. The Morgan fingerprint density at radius 2 is 1.76 bits per heavy atom. The number of carbonyl (C=O) groups excluding carboxylic acids is 2. The van der Waals surface area contributed by atoms with Gasteiger partial charge in [0.1, 0.15) is 0 Å². The first-order chi connectivity index (χ1) is 12.0. The van der Waals surface area contributed by atoms with Crippen molar-refractivity contribution in [2.45, 2.75) is 6.42 Å². The van der Waals surface area contributed by atoms with E-state index >= 15 is 0 Å². The van der Waals surface area contributed by atoms with Gasteiger partial charge in [-0.25, -0.2) is 9.59 Å². The van der Waals surface area contributed by atoms with E-state index in [1.54, 1.807) is 36.4 Å². The fourth-order valence-electron chi connectivity index (χ4n) is 2.05. The van der Waals surface area contributed by atoms with Crippen LogP contribution in [0.3, 0.4) is 0 Å². The lowest BCUT2D eigenvalue weighted by atomic mass is 10.1. The summed E-state index contributed by atoms with van der Waals surface area (Å²) >= 11 is 11.9. The molecule has 2 aromatic carbocycles. The number of methoxy groups -OCH3 is 1. The third-order valence-electron chi connectivity index (χ3n) is 3.25. The lowest BCUT2D eigenvalue weighted by Gasteiger charge is -2.10. The SMILES string of the molecule is COC(=O)Nc1cccc(NC(=O)NCCc2ccc(Cl)cc2Cl)c1. The molecule has 25 heavy (non-hydrogen) atoms. The number of benzene rings is 2. The summed E-state index contributed by atoms with van der Waals surface area (Å²) in [7, 11) is 1.28. The normalized spacial score (nSPS) is 10.0. The summed E-state index contributed by atoms with van der Waals surface area (Å²) in [5.74, 6) is 0. The van der Waals surface area contributed by atoms with Crippen LogP contribution in [0.1, 0.15) is 5.56 Å². The zero-order valence-corrected chi connectivity index (χ0v) is 14.9. The first-order valence-corrected chi connectivity index (χ1v) is 8.17. The molecule has 0 aliphatic heterocycles. The fourth-order valence-corrected chi connectivity index (χ4v) is 2.56. The van der Waals surface area contributed by atoms with E-state index < -0.39 is 6.09 Å². The summed E-state index contributed by atoms with van der Waals surface area (Å²) in [5, 5.41) is 9.08. The monoisotopic (exact) mass is 381 g/mol. The smallest absolute Gasteiger partial charge is 0.411 e. The summed E-state index contributed by atoms with van der Waals surface area (Å²) < 4.78 is 4.52. The van der Waals surface area contributed by atoms with Crippen LogP contribution >= 0.6 is 23.2 Å². The minimum atomic E-state index is -0.582. The highest BCUT2D eigenvalue weighted by atomic mass is 35.5. The second-order valence-electron chi connectivity index (χ2n) is 5.06. The zero-order valence-electron chi connectivity index (χ0n) is 13.4. The van der Waals surface area contributed by atoms with Crippen molar-refractivity contribution in [3.05, 3.63) is 58.1 Å². The van der Waals surface area contributed by atoms with Gasteiger partial charge in [0, 0.05) is 28.0 Å². The topological polar surface area (TPSA) is 79.5 Å². The number of hydrogen-bond acceptors (Lipinski definition) is 3. The Balaban J connectivity index is 1.84. The molecule has 8 heteroatoms. The number of carbonyl (C=O) groups is 2. The number of nitrogens with one attached hydrogen (secondary N) is 3. The number of rotatable bonds is 5. The van der Waals surface area contributed by atoms with Gasteiger partial charge in [-0.05, 0) is 42.3 Å². The highest BCUT2D eigenvalue weighted by Gasteiger charge is 2.06. The molecule has 3 N–H and O–H groups in total. The van der Waals surface area contributed by atoms with Gasteiger partial charge in [-0.1, -0.05) is 35.3 Å². The number of hydrogen-bond donors (Lipinski definition) is 3. The van der Waals surface area contributed by atoms with Crippen LogP contribution in [0.2, 0.25) is 10.0 Å². The third-order valence-corrected chi connectivity index (χ3v) is 3.83. The fraction of sp³-hybridized carbons (Fsp3) is 0.176. The molecule has 0 saturated heterocycles. The van der Waals surface area contributed by atoms with E-state index in [9.17, 15) is 9.59 Å². The van der Waals surface area contributed by atoms with Crippen LogP contribution in [-0.4, -0.2) is 25.8 Å². The van der Waals surface area contributed by atoms with Crippen LogP contribution in [-0.2, 0) is 11.2 Å². The molecule has 0 aliphatic rings. The minimum absolute atomic E-state index is 0.361. The van der Waals surface area contributed by atoms with Crippen molar-refractivity contribution in [1.29, 1.82) is 0 Å². The summed E-state index contributed by atoms with van der Waals surface area (Å²) in [5.41, 5.74) is 1.95. The van der Waals surface area contributed by atoms with Crippen molar-refractivity contribution in [2.24, 2.45) is 0 Å². The highest BCUT2D eigenvalue weighted by molar-refractivity contribution is 6.35. The summed E-state index contributed by atoms with van der Waals surface area (Å²) in [6.07, 6.45) is -0.00525. The lowest BCUT2D eigenvalue weighted by molar-refractivity contribution is 0.187. The molecule has 0 aromatic heterocycles. The Morgan fingerprint density at radius 3 is 2.44 bits per heavy atom. The maximum Gasteiger partial charge on any atom is 0.411 e. The van der Waals surface area contributed by atoms with E-state index in [0.29, 0.717) is 34.4 Å². The first-order valence-electron chi connectivity index (χ1n) is 7.42. The molecule has 0 unspecified atom stereocenters. The number of urea groups is 1. The largest absolute Gasteiger partial charge is 0.453 e. The quantitative estimate of drug-likeness (QED) is 0.711. The van der Waals surface area contributed by atoms with E-state index in [4.69, 9.17) is 23.2 Å². The molecule has 0 heterocycles. The molecule has 2 rings (SSSR count). The van der Waals surface area contributed by atoms with Crippen molar-refractivity contribution in [3.8, 4) is 0 Å². The van der Waals surface area contributed by atoms with Crippen LogP contribution in [0.15, 0.2) is 42.5 Å². The van der Waals surface area contributed by atoms with E-state index in [1.807, 2.05) is 6.07 Å². The summed E-state index contributed by atoms with van der Waals surface area (Å²) in [6, 6.07) is 11.6. The Bertz CT molecular complexity index is 769. The predicted octanol–water partition coefficient (Wildman–Crippen LogP) is 4.54. The minimum Gasteiger partial charge on any atom is -0.453 e. The van der Waals surface area contributed by atoms with E-state index in [1.165, 1.54) is 7.11 Å². The van der Waals surface area contributed by atoms with Crippen molar-refractivity contribution < 1.29 is 14.3 Å². The van der Waals surface area contributed by atoms with Gasteiger partial charge < -0.3 is 15.4 Å². The molecular formula is C17H17Cl2N3O3. The van der Waals surface area contributed by atoms with Gasteiger partial charge in [0.25, 0.3) is 0 Å². The van der Waals surface area contributed by atoms with E-state index in [0.717, 1.165) is 5.56 Å². The Hall–Kier alpha value is -2.44. The Morgan fingerprint density at radius 1 is 1.04 bits per heavy atom. The van der Waals surface area contributed by atoms with Gasteiger partial charge in [0.05, 0.1) is 7.11 Å². The molecule has 0 saturated carbocycles. The first kappa shape index (κ1) is 18.9. The molecule has 0 atom stereocenters. The van der Waals surface area contributed by atoms with E-state index in [2.05, 4.69) is 20.7 Å². The number of anilines is 2. The van der Waals surface area contributed by atoms with Crippen LogP contribution in [0.4, 0.5) is 21.0 Å². The molecular weight excluding hydrogens is 365 g/mol. The maximum atomic E-state index is 11.9. The van der Waals surface area contributed by atoms with Gasteiger partial charge in [0.2, 0.25) is 0 Å². The third kappa shape index (κ3) is 6.17. The standard InChI is InChI=1S/C17H17Cl2N3O3/c1-25-17(24)22-14-4-2-3-13(10-14)21-16(23)20-8-7-11-5-6-12(18)9-15(11)19/h2-6,9-10H,7-8H2,1H3,(H,22,24)(H2,20,21,23). The molecule has 132 valence electrons. The van der Waals surface area contributed by atoms with E-state index in [-0.39, 0.29) is 6.03 Å². The van der Waals surface area contributed by atoms with Crippen molar-refractivity contribution in [3.63, 3.8) is 0 Å². The molecule has 6 nitrogen and oxygen atoms in total. The molecule has 3 amide bonds. The van der Waals surface area contributed by atoms with Crippen LogP contribution < -0.4 is 16.0 Å². The molecule has 0 fully saturated rings. The van der Waals surface area contributed by atoms with Crippen molar-refractivity contribution in [1.82, 2.24) is 5.32 Å². The second-order valence-corrected chi connectivity index (χ2v) is 5.91. The van der Waals surface area contributed by atoms with Crippen molar-refractivity contribution in [2.75, 3.05) is 24.3 Å². The lowest BCUT2D eigenvalue weighted by Crippen LogP contribution is -2.30. The van der Waals surface area contributed by atoms with Crippen LogP contribution in [0, 0.1) is 0 Å².